The molecule has 0 aromatic heterocycles. The number of likely N-dealkylation sites (tertiary alicyclic amines) is 1. The average Bonchev–Trinajstić information content (AvgIpc) is 2.60. The zero-order valence-corrected chi connectivity index (χ0v) is 16.4. The van der Waals surface area contributed by atoms with Crippen LogP contribution in [0.1, 0.15) is 26.7 Å². The third kappa shape index (κ3) is 5.02. The van der Waals surface area contributed by atoms with E-state index >= 15 is 0 Å². The quantitative estimate of drug-likeness (QED) is 0.747. The highest BCUT2D eigenvalue weighted by atomic mass is 32.2. The van der Waals surface area contributed by atoms with E-state index in [4.69, 9.17) is 0 Å². The second-order valence-electron chi connectivity index (χ2n) is 7.10. The summed E-state index contributed by atoms with van der Waals surface area (Å²) in [5.41, 5.74) is 0. The lowest BCUT2D eigenvalue weighted by Crippen LogP contribution is -2.53. The standard InChI is InChI=1S/C18H28FN3O3S/c1-13(2)17(18(23)22-10-8-14(9-11-22)12-20-3)21-26(24,25)16-7-5-4-6-15(16)19/h4-7,13-14,17,20-21H,8-12H2,1-3H3. The Morgan fingerprint density at radius 3 is 2.42 bits per heavy atom. The minimum atomic E-state index is -4.12. The summed E-state index contributed by atoms with van der Waals surface area (Å²) in [4.78, 5) is 14.2. The van der Waals surface area contributed by atoms with Gasteiger partial charge in [0.2, 0.25) is 15.9 Å². The number of amides is 1. The highest BCUT2D eigenvalue weighted by molar-refractivity contribution is 7.89. The van der Waals surface area contributed by atoms with Crippen LogP contribution >= 0.6 is 0 Å². The van der Waals surface area contributed by atoms with E-state index in [-0.39, 0.29) is 11.8 Å². The SMILES string of the molecule is CNCC1CCN(C(=O)C(NS(=O)(=O)c2ccccc2F)C(C)C)CC1. The van der Waals surface area contributed by atoms with Crippen molar-refractivity contribution in [1.29, 1.82) is 0 Å². The van der Waals surface area contributed by atoms with Gasteiger partial charge in [-0.3, -0.25) is 4.79 Å². The molecule has 1 fully saturated rings. The number of piperidine rings is 1. The average molecular weight is 386 g/mol. The Morgan fingerprint density at radius 2 is 1.88 bits per heavy atom. The van der Waals surface area contributed by atoms with Crippen molar-refractivity contribution in [3.05, 3.63) is 30.1 Å². The Labute approximate surface area is 155 Å². The smallest absolute Gasteiger partial charge is 0.244 e. The predicted molar refractivity (Wildman–Crippen MR) is 98.6 cm³/mol. The highest BCUT2D eigenvalue weighted by Gasteiger charge is 2.34. The van der Waals surface area contributed by atoms with Crippen molar-refractivity contribution in [2.75, 3.05) is 26.7 Å². The Hall–Kier alpha value is -1.51. The van der Waals surface area contributed by atoms with Crippen LogP contribution in [0.2, 0.25) is 0 Å². The zero-order chi connectivity index (χ0) is 19.3. The Morgan fingerprint density at radius 1 is 1.27 bits per heavy atom. The van der Waals surface area contributed by atoms with Crippen LogP contribution in [0.3, 0.4) is 0 Å². The first-order valence-electron chi connectivity index (χ1n) is 8.96. The summed E-state index contributed by atoms with van der Waals surface area (Å²) in [6.45, 7) is 5.68. The van der Waals surface area contributed by atoms with Crippen LogP contribution in [0.25, 0.3) is 0 Å². The van der Waals surface area contributed by atoms with E-state index in [2.05, 4.69) is 10.0 Å². The summed E-state index contributed by atoms with van der Waals surface area (Å²) in [6.07, 6.45) is 1.77. The number of hydrogen-bond donors (Lipinski definition) is 2. The maximum Gasteiger partial charge on any atom is 0.244 e. The summed E-state index contributed by atoms with van der Waals surface area (Å²) in [6, 6.07) is 4.25. The molecule has 26 heavy (non-hydrogen) atoms. The van der Waals surface area contributed by atoms with Crippen molar-refractivity contribution in [2.24, 2.45) is 11.8 Å². The second-order valence-corrected chi connectivity index (χ2v) is 8.78. The highest BCUT2D eigenvalue weighted by Crippen LogP contribution is 2.20. The van der Waals surface area contributed by atoms with Crippen LogP contribution in [0.5, 0.6) is 0 Å². The molecule has 1 aliphatic rings. The minimum absolute atomic E-state index is 0.247. The van der Waals surface area contributed by atoms with Crippen LogP contribution < -0.4 is 10.0 Å². The molecule has 1 aliphatic heterocycles. The van der Waals surface area contributed by atoms with E-state index in [1.807, 2.05) is 7.05 Å². The topological polar surface area (TPSA) is 78.5 Å². The molecular weight excluding hydrogens is 357 g/mol. The zero-order valence-electron chi connectivity index (χ0n) is 15.5. The fourth-order valence-corrected chi connectivity index (χ4v) is 4.62. The molecule has 0 bridgehead atoms. The van der Waals surface area contributed by atoms with Gasteiger partial charge in [-0.05, 0) is 50.4 Å². The summed E-state index contributed by atoms with van der Waals surface area (Å²) >= 11 is 0. The summed E-state index contributed by atoms with van der Waals surface area (Å²) < 4.78 is 41.4. The molecule has 0 saturated carbocycles. The maximum absolute atomic E-state index is 13.9. The van der Waals surface area contributed by atoms with E-state index in [0.717, 1.165) is 25.5 Å². The number of benzene rings is 1. The molecule has 0 radical (unpaired) electrons. The number of nitrogens with one attached hydrogen (secondary N) is 2. The van der Waals surface area contributed by atoms with Crippen LogP contribution in [-0.2, 0) is 14.8 Å². The first-order valence-corrected chi connectivity index (χ1v) is 10.4. The van der Waals surface area contributed by atoms with Gasteiger partial charge in [0.15, 0.2) is 0 Å². The van der Waals surface area contributed by atoms with Crippen molar-refractivity contribution in [3.63, 3.8) is 0 Å². The Bertz CT molecular complexity index is 716. The van der Waals surface area contributed by atoms with Crippen LogP contribution in [0.15, 0.2) is 29.2 Å². The van der Waals surface area contributed by atoms with Crippen LogP contribution in [-0.4, -0.2) is 51.9 Å². The summed E-state index contributed by atoms with van der Waals surface area (Å²) in [5, 5.41) is 3.15. The van der Waals surface area contributed by atoms with Gasteiger partial charge in [0.1, 0.15) is 16.8 Å². The molecular formula is C18H28FN3O3S. The second kappa shape index (κ2) is 8.92. The monoisotopic (exact) mass is 385 g/mol. The molecule has 1 heterocycles. The number of carbonyl (C=O) groups is 1. The van der Waals surface area contributed by atoms with Crippen LogP contribution in [0, 0.1) is 17.7 Å². The summed E-state index contributed by atoms with van der Waals surface area (Å²) in [7, 11) is -2.21. The number of carbonyl (C=O) groups excluding carboxylic acids is 1. The van der Waals surface area contributed by atoms with E-state index in [9.17, 15) is 17.6 Å². The molecule has 1 aromatic rings. The largest absolute Gasteiger partial charge is 0.341 e. The third-order valence-electron chi connectivity index (χ3n) is 4.76. The van der Waals surface area contributed by atoms with Crippen LogP contribution in [0.4, 0.5) is 4.39 Å². The molecule has 2 rings (SSSR count). The molecule has 1 unspecified atom stereocenters. The molecule has 0 aliphatic carbocycles. The number of sulfonamides is 1. The number of hydrogen-bond acceptors (Lipinski definition) is 4. The van der Waals surface area contributed by atoms with Crippen molar-refractivity contribution in [2.45, 2.75) is 37.6 Å². The molecule has 1 aromatic carbocycles. The molecule has 8 heteroatoms. The van der Waals surface area contributed by atoms with Gasteiger partial charge in [0.05, 0.1) is 0 Å². The molecule has 2 N–H and O–H groups in total. The van der Waals surface area contributed by atoms with E-state index < -0.39 is 26.8 Å². The number of rotatable bonds is 7. The fourth-order valence-electron chi connectivity index (χ4n) is 3.21. The third-order valence-corrected chi connectivity index (χ3v) is 6.23. The van der Waals surface area contributed by atoms with Crippen molar-refractivity contribution in [3.8, 4) is 0 Å². The van der Waals surface area contributed by atoms with E-state index in [1.54, 1.807) is 18.7 Å². The lowest BCUT2D eigenvalue weighted by atomic mass is 9.95. The molecule has 6 nitrogen and oxygen atoms in total. The molecule has 146 valence electrons. The number of halogens is 1. The van der Waals surface area contributed by atoms with Gasteiger partial charge in [-0.25, -0.2) is 12.8 Å². The fraction of sp³-hybridized carbons (Fsp3) is 0.611. The van der Waals surface area contributed by atoms with Gasteiger partial charge in [-0.1, -0.05) is 26.0 Å². The van der Waals surface area contributed by atoms with Gasteiger partial charge in [0, 0.05) is 13.1 Å². The predicted octanol–water partition coefficient (Wildman–Crippen LogP) is 1.59. The van der Waals surface area contributed by atoms with Crippen molar-refractivity contribution >= 4 is 15.9 Å². The maximum atomic E-state index is 13.9. The molecule has 1 amide bonds. The van der Waals surface area contributed by atoms with Gasteiger partial charge in [-0.15, -0.1) is 0 Å². The van der Waals surface area contributed by atoms with E-state index in [0.29, 0.717) is 19.0 Å². The first-order chi connectivity index (χ1) is 12.3. The van der Waals surface area contributed by atoms with Crippen molar-refractivity contribution < 1.29 is 17.6 Å². The van der Waals surface area contributed by atoms with E-state index in [1.165, 1.54) is 18.2 Å². The van der Waals surface area contributed by atoms with Gasteiger partial charge in [0.25, 0.3) is 0 Å². The molecule has 0 spiro atoms. The normalized spacial score (nSPS) is 17.5. The van der Waals surface area contributed by atoms with Crippen molar-refractivity contribution in [1.82, 2.24) is 14.9 Å². The Kier molecular flexibility index (Phi) is 7.14. The summed E-state index contributed by atoms with van der Waals surface area (Å²) in [5.74, 6) is -0.804. The minimum Gasteiger partial charge on any atom is -0.341 e. The lowest BCUT2D eigenvalue weighted by molar-refractivity contribution is -0.135. The molecule has 1 saturated heterocycles. The first kappa shape index (κ1) is 20.8. The van der Waals surface area contributed by atoms with Gasteiger partial charge < -0.3 is 10.2 Å². The van der Waals surface area contributed by atoms with Gasteiger partial charge >= 0.3 is 0 Å². The Balaban J connectivity index is 2.12. The lowest BCUT2D eigenvalue weighted by Gasteiger charge is -2.35. The van der Waals surface area contributed by atoms with Gasteiger partial charge in [-0.2, -0.15) is 4.72 Å². The molecule has 1 atom stereocenters. The number of nitrogens with zero attached hydrogens (tertiary/aromatic N) is 1.